The predicted molar refractivity (Wildman–Crippen MR) is 70.0 cm³/mol. The van der Waals surface area contributed by atoms with E-state index in [4.69, 9.17) is 5.26 Å². The van der Waals surface area contributed by atoms with E-state index in [2.05, 4.69) is 30.2 Å². The fourth-order valence-electron chi connectivity index (χ4n) is 1.35. The van der Waals surface area contributed by atoms with Crippen LogP contribution in [-0.4, -0.2) is 11.4 Å². The lowest BCUT2D eigenvalue weighted by molar-refractivity contribution is 1.25. The number of hydrogen-bond donors (Lipinski definition) is 1. The Bertz CT molecular complexity index is 458. The fraction of sp³-hybridized carbons (Fsp3) is 0.333. The maximum absolute atomic E-state index is 8.56. The van der Waals surface area contributed by atoms with E-state index in [0.29, 0.717) is 5.17 Å². The van der Waals surface area contributed by atoms with E-state index in [-0.39, 0.29) is 0 Å². The molecule has 0 radical (unpaired) electrons. The van der Waals surface area contributed by atoms with Gasteiger partial charge in [-0.3, -0.25) is 5.32 Å². The molecule has 1 N–H and O–H groups in total. The Kier molecular flexibility index (Phi) is 4.39. The molecule has 1 aromatic carbocycles. The Morgan fingerprint density at radius 3 is 2.44 bits per heavy atom. The highest BCUT2D eigenvalue weighted by molar-refractivity contribution is 8.13. The molecule has 3 nitrogen and oxygen atoms in total. The van der Waals surface area contributed by atoms with Crippen molar-refractivity contribution in [3.63, 3.8) is 0 Å². The van der Waals surface area contributed by atoms with Gasteiger partial charge in [0.1, 0.15) is 0 Å². The van der Waals surface area contributed by atoms with Crippen LogP contribution in [0, 0.1) is 32.2 Å². The summed E-state index contributed by atoms with van der Waals surface area (Å²) in [5.41, 5.74) is 4.50. The molecule has 0 saturated carbocycles. The molecule has 0 bridgehead atoms. The molecule has 0 amide bonds. The molecule has 1 aromatic rings. The number of hydrogen-bond acceptors (Lipinski definition) is 3. The van der Waals surface area contributed by atoms with E-state index in [1.807, 2.05) is 25.4 Å². The summed E-state index contributed by atoms with van der Waals surface area (Å²) in [5.74, 6) is 0. The first-order chi connectivity index (χ1) is 7.58. The predicted octanol–water partition coefficient (Wildman–Crippen LogP) is 3.03. The van der Waals surface area contributed by atoms with Crippen molar-refractivity contribution < 1.29 is 0 Å². The summed E-state index contributed by atoms with van der Waals surface area (Å²) in [6, 6.07) is 4.15. The molecule has 0 aliphatic heterocycles. The molecule has 84 valence electrons. The minimum atomic E-state index is 0.619. The third kappa shape index (κ3) is 3.01. The van der Waals surface area contributed by atoms with Gasteiger partial charge in [-0.2, -0.15) is 5.26 Å². The van der Waals surface area contributed by atoms with Gasteiger partial charge in [0.2, 0.25) is 0 Å². The maximum Gasteiger partial charge on any atom is 0.183 e. The van der Waals surface area contributed by atoms with E-state index in [1.165, 1.54) is 22.9 Å². The van der Waals surface area contributed by atoms with Crippen molar-refractivity contribution >= 4 is 22.6 Å². The summed E-state index contributed by atoms with van der Waals surface area (Å²) in [6.45, 7) is 6.17. The lowest BCUT2D eigenvalue weighted by Gasteiger charge is -2.07. The molecule has 0 atom stereocenters. The van der Waals surface area contributed by atoms with Crippen LogP contribution >= 0.6 is 11.8 Å². The van der Waals surface area contributed by atoms with Crippen molar-refractivity contribution in [2.75, 3.05) is 6.26 Å². The summed E-state index contributed by atoms with van der Waals surface area (Å²) < 4.78 is 0. The monoisotopic (exact) mass is 233 g/mol. The molecule has 0 spiro atoms. The maximum atomic E-state index is 8.56. The largest absolute Gasteiger partial charge is 0.271 e. The van der Waals surface area contributed by atoms with Gasteiger partial charge in [-0.05, 0) is 49.8 Å². The molecular formula is C12H15N3S. The molecular weight excluding hydrogens is 218 g/mol. The van der Waals surface area contributed by atoms with E-state index >= 15 is 0 Å². The molecule has 16 heavy (non-hydrogen) atoms. The van der Waals surface area contributed by atoms with Crippen LogP contribution in [0.25, 0.3) is 0 Å². The topological polar surface area (TPSA) is 48.2 Å². The summed E-state index contributed by atoms with van der Waals surface area (Å²) in [5, 5.41) is 11.7. The Balaban J connectivity index is 3.14. The molecule has 0 saturated heterocycles. The van der Waals surface area contributed by atoms with Crippen LogP contribution in [0.5, 0.6) is 0 Å². The molecule has 0 heterocycles. The minimum absolute atomic E-state index is 0.619. The zero-order valence-electron chi connectivity index (χ0n) is 9.96. The van der Waals surface area contributed by atoms with E-state index in [0.717, 1.165) is 11.3 Å². The summed E-state index contributed by atoms with van der Waals surface area (Å²) in [4.78, 5) is 4.41. The second-order valence-corrected chi connectivity index (χ2v) is 4.38. The van der Waals surface area contributed by atoms with Crippen LogP contribution < -0.4 is 5.32 Å². The molecule has 0 aliphatic carbocycles. The van der Waals surface area contributed by atoms with Gasteiger partial charge in [-0.1, -0.05) is 17.8 Å². The van der Waals surface area contributed by atoms with Gasteiger partial charge in [0.15, 0.2) is 11.4 Å². The van der Waals surface area contributed by atoms with Gasteiger partial charge in [0.25, 0.3) is 0 Å². The first-order valence-corrected chi connectivity index (χ1v) is 6.16. The van der Waals surface area contributed by atoms with Gasteiger partial charge >= 0.3 is 0 Å². The average molecular weight is 233 g/mol. The highest BCUT2D eigenvalue weighted by Crippen LogP contribution is 2.23. The highest BCUT2D eigenvalue weighted by atomic mass is 32.2. The minimum Gasteiger partial charge on any atom is -0.271 e. The molecule has 0 unspecified atom stereocenters. The number of thioether (sulfide) groups is 1. The number of nitrogens with one attached hydrogen (secondary N) is 1. The summed E-state index contributed by atoms with van der Waals surface area (Å²) in [6.07, 6.45) is 3.77. The van der Waals surface area contributed by atoms with Crippen molar-refractivity contribution in [2.45, 2.75) is 20.8 Å². The number of nitriles is 1. The smallest absolute Gasteiger partial charge is 0.183 e. The molecule has 1 rings (SSSR count). The average Bonchev–Trinajstić information content (AvgIpc) is 2.25. The lowest BCUT2D eigenvalue weighted by Crippen LogP contribution is -2.12. The van der Waals surface area contributed by atoms with E-state index in [9.17, 15) is 0 Å². The third-order valence-electron chi connectivity index (χ3n) is 2.39. The van der Waals surface area contributed by atoms with Crippen LogP contribution in [0.3, 0.4) is 0 Å². The standard InChI is InChI=1S/C12H15N3S/c1-8-5-10(3)11(6-9(8)2)15-12(16-4)14-7-13/h5-6H,1-4H3,(H,14,15). The molecule has 0 aliphatic rings. The summed E-state index contributed by atoms with van der Waals surface area (Å²) >= 11 is 1.42. The first kappa shape index (κ1) is 12.6. The van der Waals surface area contributed by atoms with Crippen LogP contribution in [0.4, 0.5) is 5.69 Å². The Labute approximate surface area is 101 Å². The molecule has 0 aromatic heterocycles. The number of aliphatic imine (C=N–C) groups is 1. The molecule has 0 fully saturated rings. The summed E-state index contributed by atoms with van der Waals surface area (Å²) in [7, 11) is 0. The zero-order valence-corrected chi connectivity index (χ0v) is 10.8. The van der Waals surface area contributed by atoms with E-state index in [1.54, 1.807) is 0 Å². The third-order valence-corrected chi connectivity index (χ3v) is 2.97. The van der Waals surface area contributed by atoms with Crippen LogP contribution in [0.15, 0.2) is 17.1 Å². The Hall–Kier alpha value is -1.47. The van der Waals surface area contributed by atoms with Gasteiger partial charge in [-0.25, -0.2) is 4.99 Å². The second-order valence-electron chi connectivity index (χ2n) is 3.58. The first-order valence-electron chi connectivity index (χ1n) is 4.94. The van der Waals surface area contributed by atoms with Crippen molar-refractivity contribution in [1.82, 2.24) is 5.32 Å². The number of rotatable bonds is 1. The zero-order chi connectivity index (χ0) is 12.1. The van der Waals surface area contributed by atoms with E-state index < -0.39 is 0 Å². The number of benzene rings is 1. The van der Waals surface area contributed by atoms with Gasteiger partial charge in [-0.15, -0.1) is 0 Å². The lowest BCUT2D eigenvalue weighted by atomic mass is 10.1. The van der Waals surface area contributed by atoms with Crippen molar-refractivity contribution in [1.29, 1.82) is 5.26 Å². The fourth-order valence-corrected chi connectivity index (χ4v) is 1.68. The normalized spacial score (nSPS) is 11.1. The number of amidine groups is 1. The number of aryl methyl sites for hydroxylation is 3. The number of nitrogens with zero attached hydrogens (tertiary/aromatic N) is 2. The van der Waals surface area contributed by atoms with Crippen LogP contribution in [0.2, 0.25) is 0 Å². The highest BCUT2D eigenvalue weighted by Gasteiger charge is 2.02. The van der Waals surface area contributed by atoms with Gasteiger partial charge in [0, 0.05) is 0 Å². The van der Waals surface area contributed by atoms with Crippen molar-refractivity contribution in [2.24, 2.45) is 4.99 Å². The SMILES string of the molecule is CSC(=Nc1cc(C)c(C)cc1C)NC#N. The van der Waals surface area contributed by atoms with Crippen LogP contribution in [-0.2, 0) is 0 Å². The van der Waals surface area contributed by atoms with Gasteiger partial charge in [0.05, 0.1) is 5.69 Å². The molecule has 4 heteroatoms. The quantitative estimate of drug-likeness (QED) is 0.351. The van der Waals surface area contributed by atoms with Crippen molar-refractivity contribution in [3.8, 4) is 6.19 Å². The van der Waals surface area contributed by atoms with Gasteiger partial charge < -0.3 is 0 Å². The second kappa shape index (κ2) is 5.57. The van der Waals surface area contributed by atoms with Crippen molar-refractivity contribution in [3.05, 3.63) is 28.8 Å². The Morgan fingerprint density at radius 1 is 1.25 bits per heavy atom. The Morgan fingerprint density at radius 2 is 1.88 bits per heavy atom. The van der Waals surface area contributed by atoms with Crippen LogP contribution in [0.1, 0.15) is 16.7 Å².